The highest BCUT2D eigenvalue weighted by molar-refractivity contribution is 14.1. The number of rotatable bonds is 8. The summed E-state index contributed by atoms with van der Waals surface area (Å²) in [4.78, 5) is 38.5. The summed E-state index contributed by atoms with van der Waals surface area (Å²) in [5, 5.41) is 1.57. The number of carbonyl (C=O) groups excluding carboxylic acids is 3. The maximum atomic E-state index is 13.5. The van der Waals surface area contributed by atoms with Crippen molar-refractivity contribution in [2.45, 2.75) is 12.8 Å². The van der Waals surface area contributed by atoms with Gasteiger partial charge in [-0.1, -0.05) is 18.2 Å². The Labute approximate surface area is 243 Å². The highest BCUT2D eigenvalue weighted by atomic mass is 127. The zero-order valence-corrected chi connectivity index (χ0v) is 23.5. The summed E-state index contributed by atoms with van der Waals surface area (Å²) in [6, 6.07) is 13.3. The molecule has 1 aliphatic rings. The van der Waals surface area contributed by atoms with E-state index in [0.717, 1.165) is 18.2 Å². The summed E-state index contributed by atoms with van der Waals surface area (Å²) in [6.07, 6.45) is -3.14. The number of amides is 3. The third-order valence-corrected chi connectivity index (χ3v) is 7.18. The van der Waals surface area contributed by atoms with E-state index in [2.05, 4.69) is 5.32 Å². The van der Waals surface area contributed by atoms with Crippen LogP contribution in [0.3, 0.4) is 0 Å². The fourth-order valence-corrected chi connectivity index (χ4v) is 5.27. The minimum absolute atomic E-state index is 0.0446. The monoisotopic (exact) mass is 686 g/mol. The standard InChI is InChI=1S/C27H19F4IN2O5S/c1-38-21-10-16(9-20(32)24(21)39-14-15-4-2-6-18(28)8-15)11-22-25(36)34(26(37)40-22)13-23(35)33-19-7-3-5-17(12-19)27(29,30)31/h2-12H,13-14H2,1H3,(H,33,35)/b22-11-. The van der Waals surface area contributed by atoms with Gasteiger partial charge in [0.2, 0.25) is 5.91 Å². The molecular formula is C27H19F4IN2O5S. The summed E-state index contributed by atoms with van der Waals surface area (Å²) in [7, 11) is 1.43. The van der Waals surface area contributed by atoms with Crippen LogP contribution in [0.5, 0.6) is 11.5 Å². The molecule has 0 unspecified atom stereocenters. The van der Waals surface area contributed by atoms with Gasteiger partial charge in [-0.25, -0.2) is 4.39 Å². The van der Waals surface area contributed by atoms with Crippen LogP contribution in [-0.2, 0) is 22.4 Å². The van der Waals surface area contributed by atoms with Gasteiger partial charge in [-0.05, 0) is 94.0 Å². The molecule has 3 aromatic carbocycles. The predicted octanol–water partition coefficient (Wildman–Crippen LogP) is 6.71. The normalized spacial score (nSPS) is 14.6. The molecule has 208 valence electrons. The van der Waals surface area contributed by atoms with Crippen molar-refractivity contribution in [2.75, 3.05) is 19.0 Å². The maximum absolute atomic E-state index is 13.5. The number of alkyl halides is 3. The van der Waals surface area contributed by atoms with Crippen LogP contribution >= 0.6 is 34.4 Å². The lowest BCUT2D eigenvalue weighted by molar-refractivity contribution is -0.137. The lowest BCUT2D eigenvalue weighted by Gasteiger charge is -2.14. The van der Waals surface area contributed by atoms with Gasteiger partial charge < -0.3 is 14.8 Å². The lowest BCUT2D eigenvalue weighted by atomic mass is 10.1. The van der Waals surface area contributed by atoms with Crippen LogP contribution in [0, 0.1) is 9.39 Å². The molecule has 1 aliphatic heterocycles. The molecule has 3 amide bonds. The molecule has 13 heteroatoms. The van der Waals surface area contributed by atoms with Crippen molar-refractivity contribution in [2.24, 2.45) is 0 Å². The van der Waals surface area contributed by atoms with E-state index >= 15 is 0 Å². The number of anilines is 1. The van der Waals surface area contributed by atoms with Gasteiger partial charge in [0.25, 0.3) is 11.1 Å². The van der Waals surface area contributed by atoms with E-state index in [1.807, 2.05) is 22.6 Å². The first-order chi connectivity index (χ1) is 18.9. The van der Waals surface area contributed by atoms with E-state index in [-0.39, 0.29) is 23.0 Å². The Morgan fingerprint density at radius 2 is 1.85 bits per heavy atom. The van der Waals surface area contributed by atoms with E-state index in [1.165, 1.54) is 31.4 Å². The van der Waals surface area contributed by atoms with E-state index < -0.39 is 35.3 Å². The van der Waals surface area contributed by atoms with Crippen LogP contribution < -0.4 is 14.8 Å². The lowest BCUT2D eigenvalue weighted by Crippen LogP contribution is -2.36. The van der Waals surface area contributed by atoms with Crippen LogP contribution in [0.1, 0.15) is 16.7 Å². The second-order valence-corrected chi connectivity index (χ2v) is 10.5. The smallest absolute Gasteiger partial charge is 0.416 e. The van der Waals surface area contributed by atoms with Crippen molar-refractivity contribution in [3.63, 3.8) is 0 Å². The summed E-state index contributed by atoms with van der Waals surface area (Å²) < 4.78 is 64.1. The second-order valence-electron chi connectivity index (χ2n) is 8.35. The fraction of sp³-hybridized carbons (Fsp3) is 0.148. The number of carbonyl (C=O) groups is 3. The topological polar surface area (TPSA) is 84.9 Å². The van der Waals surface area contributed by atoms with Gasteiger partial charge in [-0.3, -0.25) is 19.3 Å². The molecule has 0 atom stereocenters. The number of methoxy groups -OCH3 is 1. The van der Waals surface area contributed by atoms with Gasteiger partial charge in [-0.2, -0.15) is 13.2 Å². The molecule has 0 aliphatic carbocycles. The number of thioether (sulfide) groups is 1. The average Bonchev–Trinajstić information content (AvgIpc) is 3.14. The maximum Gasteiger partial charge on any atom is 0.416 e. The first kappa shape index (κ1) is 29.4. The number of hydrogen-bond donors (Lipinski definition) is 1. The molecule has 0 spiro atoms. The highest BCUT2D eigenvalue weighted by Gasteiger charge is 2.36. The van der Waals surface area contributed by atoms with Gasteiger partial charge in [0, 0.05) is 5.69 Å². The van der Waals surface area contributed by atoms with Crippen LogP contribution in [0.4, 0.5) is 28.0 Å². The molecule has 1 saturated heterocycles. The summed E-state index contributed by atoms with van der Waals surface area (Å²) >= 11 is 2.64. The van der Waals surface area contributed by atoms with E-state index in [0.29, 0.717) is 42.9 Å². The largest absolute Gasteiger partial charge is 0.493 e. The molecule has 1 heterocycles. The van der Waals surface area contributed by atoms with E-state index in [4.69, 9.17) is 9.47 Å². The molecule has 4 rings (SSSR count). The molecule has 0 radical (unpaired) electrons. The van der Waals surface area contributed by atoms with Crippen molar-refractivity contribution in [3.8, 4) is 11.5 Å². The van der Waals surface area contributed by atoms with Crippen molar-refractivity contribution < 1.29 is 41.4 Å². The Kier molecular flexibility index (Phi) is 9.03. The third-order valence-electron chi connectivity index (χ3n) is 5.47. The average molecular weight is 686 g/mol. The quantitative estimate of drug-likeness (QED) is 0.161. The first-order valence-corrected chi connectivity index (χ1v) is 13.3. The van der Waals surface area contributed by atoms with Crippen LogP contribution in [-0.4, -0.2) is 35.6 Å². The van der Waals surface area contributed by atoms with Crippen molar-refractivity contribution >= 4 is 63.2 Å². The Morgan fingerprint density at radius 3 is 2.55 bits per heavy atom. The molecule has 0 saturated carbocycles. The minimum atomic E-state index is -4.59. The third kappa shape index (κ3) is 7.13. The number of nitrogens with zero attached hydrogens (tertiary/aromatic N) is 1. The Bertz CT molecular complexity index is 1510. The summed E-state index contributed by atoms with van der Waals surface area (Å²) in [6.45, 7) is -0.586. The fourth-order valence-electron chi connectivity index (χ4n) is 3.65. The van der Waals surface area contributed by atoms with E-state index in [1.54, 1.807) is 24.3 Å². The molecule has 1 N–H and O–H groups in total. The summed E-state index contributed by atoms with van der Waals surface area (Å²) in [5.41, 5.74) is 0.0597. The molecule has 0 bridgehead atoms. The molecule has 7 nitrogen and oxygen atoms in total. The van der Waals surface area contributed by atoms with Gasteiger partial charge in [0.1, 0.15) is 19.0 Å². The zero-order chi connectivity index (χ0) is 29.0. The Morgan fingerprint density at radius 1 is 1.10 bits per heavy atom. The molecule has 1 fully saturated rings. The molecule has 3 aromatic rings. The number of ether oxygens (including phenoxy) is 2. The van der Waals surface area contributed by atoms with Gasteiger partial charge in [0.05, 0.1) is 21.1 Å². The van der Waals surface area contributed by atoms with E-state index in [9.17, 15) is 31.9 Å². The molecule has 40 heavy (non-hydrogen) atoms. The van der Waals surface area contributed by atoms with Crippen LogP contribution in [0.15, 0.2) is 65.6 Å². The Balaban J connectivity index is 1.46. The first-order valence-electron chi connectivity index (χ1n) is 11.4. The summed E-state index contributed by atoms with van der Waals surface area (Å²) in [5.74, 6) is -1.20. The number of halogens is 5. The predicted molar refractivity (Wildman–Crippen MR) is 149 cm³/mol. The number of nitrogens with one attached hydrogen (secondary N) is 1. The molecular weight excluding hydrogens is 667 g/mol. The van der Waals surface area contributed by atoms with Crippen LogP contribution in [0.25, 0.3) is 6.08 Å². The van der Waals surface area contributed by atoms with Crippen LogP contribution in [0.2, 0.25) is 0 Å². The minimum Gasteiger partial charge on any atom is -0.493 e. The van der Waals surface area contributed by atoms with Gasteiger partial charge in [-0.15, -0.1) is 0 Å². The van der Waals surface area contributed by atoms with Gasteiger partial charge in [0.15, 0.2) is 11.5 Å². The van der Waals surface area contributed by atoms with Crippen molar-refractivity contribution in [1.82, 2.24) is 4.90 Å². The van der Waals surface area contributed by atoms with Gasteiger partial charge >= 0.3 is 6.18 Å². The van der Waals surface area contributed by atoms with Crippen molar-refractivity contribution in [3.05, 3.63) is 91.6 Å². The number of hydrogen-bond acceptors (Lipinski definition) is 6. The SMILES string of the molecule is COc1cc(/C=C2\SC(=O)N(CC(=O)Nc3cccc(C(F)(F)F)c3)C2=O)cc(I)c1OCc1cccc(F)c1. The number of imide groups is 1. The number of benzene rings is 3. The molecule has 0 aromatic heterocycles. The highest BCUT2D eigenvalue weighted by Crippen LogP contribution is 2.38. The van der Waals surface area contributed by atoms with Crippen molar-refractivity contribution in [1.29, 1.82) is 0 Å². The Hall–Kier alpha value is -3.59. The second kappa shape index (κ2) is 12.3. The zero-order valence-electron chi connectivity index (χ0n) is 20.6.